The molecule has 0 aliphatic heterocycles. The van der Waals surface area contributed by atoms with Crippen LogP contribution in [0.1, 0.15) is 32.1 Å². The predicted octanol–water partition coefficient (Wildman–Crippen LogP) is 1.62. The molecular formula is C8H18O2Si. The van der Waals surface area contributed by atoms with Crippen LogP contribution in [0.15, 0.2) is 0 Å². The van der Waals surface area contributed by atoms with E-state index in [1.807, 2.05) is 0 Å². The number of hydrogen-bond acceptors (Lipinski definition) is 2. The molecule has 0 unspecified atom stereocenters. The lowest BCUT2D eigenvalue weighted by Crippen LogP contribution is -2.29. The Bertz CT molecular complexity index is 114. The van der Waals surface area contributed by atoms with Gasteiger partial charge in [0.25, 0.3) is 0 Å². The van der Waals surface area contributed by atoms with Gasteiger partial charge in [-0.2, -0.15) is 0 Å². The van der Waals surface area contributed by atoms with Crippen LogP contribution < -0.4 is 0 Å². The molecule has 0 spiro atoms. The first-order valence-electron chi connectivity index (χ1n) is 4.53. The van der Waals surface area contributed by atoms with Gasteiger partial charge in [-0.15, -0.1) is 0 Å². The van der Waals surface area contributed by atoms with E-state index in [1.54, 1.807) is 6.55 Å². The van der Waals surface area contributed by atoms with E-state index in [9.17, 15) is 9.59 Å². The van der Waals surface area contributed by atoms with Crippen LogP contribution in [0.5, 0.6) is 0 Å². The van der Waals surface area contributed by atoms with Crippen LogP contribution in [0.25, 0.3) is 0 Å². The lowest BCUT2D eigenvalue weighted by Gasteiger charge is -2.14. The topological polar surface area (TPSA) is 40.5 Å². The fourth-order valence-corrected chi connectivity index (χ4v) is 2.73. The molecule has 0 atom stereocenters. The van der Waals surface area contributed by atoms with Gasteiger partial charge in [-0.25, -0.2) is 0 Å². The lowest BCUT2D eigenvalue weighted by atomic mass is 10.1. The molecule has 66 valence electrons. The van der Waals surface area contributed by atoms with Crippen molar-refractivity contribution >= 4 is 8.56 Å². The van der Waals surface area contributed by atoms with E-state index < -0.39 is 8.56 Å². The van der Waals surface area contributed by atoms with E-state index in [4.69, 9.17) is 0 Å². The second-order valence-corrected chi connectivity index (χ2v) is 6.84. The summed E-state index contributed by atoms with van der Waals surface area (Å²) in [5, 5.41) is 0. The van der Waals surface area contributed by atoms with Crippen molar-refractivity contribution in [3.05, 3.63) is 0 Å². The Balaban J connectivity index is 2.11. The Kier molecular flexibility index (Phi) is 3.10. The molecule has 0 heterocycles. The van der Waals surface area contributed by atoms with Crippen molar-refractivity contribution in [3.63, 3.8) is 0 Å². The minimum Gasteiger partial charge on any atom is -0.411 e. The molecule has 0 aromatic heterocycles. The molecule has 1 aliphatic rings. The number of rotatable bonds is 3. The Morgan fingerprint density at radius 3 is 2.27 bits per heavy atom. The Morgan fingerprint density at radius 1 is 1.27 bits per heavy atom. The highest BCUT2D eigenvalue weighted by Crippen LogP contribution is 2.29. The Labute approximate surface area is 69.5 Å². The van der Waals surface area contributed by atoms with E-state index in [1.165, 1.54) is 25.7 Å². The van der Waals surface area contributed by atoms with Gasteiger partial charge in [0.05, 0.1) is 0 Å². The third kappa shape index (κ3) is 3.89. The van der Waals surface area contributed by atoms with E-state index in [0.29, 0.717) is 6.04 Å². The van der Waals surface area contributed by atoms with Gasteiger partial charge in [-0.05, 0) is 24.9 Å². The fraction of sp³-hybridized carbons (Fsp3) is 1.00. The first-order valence-corrected chi connectivity index (χ1v) is 7.13. The molecule has 2 nitrogen and oxygen atoms in total. The fourth-order valence-electron chi connectivity index (χ4n) is 1.78. The standard InChI is InChI=1S/C8H18O2Si/c1-11(9,10)7-6-8-4-2-3-5-8/h8-10H,2-7H2,1H3. The molecule has 11 heavy (non-hydrogen) atoms. The van der Waals surface area contributed by atoms with Crippen LogP contribution in [0.3, 0.4) is 0 Å². The molecular weight excluding hydrogens is 156 g/mol. The highest BCUT2D eigenvalue weighted by atomic mass is 28.4. The number of hydrogen-bond donors (Lipinski definition) is 2. The minimum atomic E-state index is -2.72. The first kappa shape index (κ1) is 9.23. The summed E-state index contributed by atoms with van der Waals surface area (Å²) in [4.78, 5) is 18.3. The van der Waals surface area contributed by atoms with Gasteiger partial charge in [0, 0.05) is 0 Å². The minimum absolute atomic E-state index is 0.664. The van der Waals surface area contributed by atoms with E-state index in [2.05, 4.69) is 0 Å². The lowest BCUT2D eigenvalue weighted by molar-refractivity contribution is 0.358. The van der Waals surface area contributed by atoms with Crippen LogP contribution in [0, 0.1) is 5.92 Å². The molecule has 2 N–H and O–H groups in total. The zero-order valence-corrected chi connectivity index (χ0v) is 8.21. The van der Waals surface area contributed by atoms with Gasteiger partial charge < -0.3 is 9.59 Å². The molecule has 0 amide bonds. The molecule has 0 saturated heterocycles. The maximum Gasteiger partial charge on any atom is 0.329 e. The van der Waals surface area contributed by atoms with E-state index in [-0.39, 0.29) is 0 Å². The third-order valence-corrected chi connectivity index (χ3v) is 3.74. The van der Waals surface area contributed by atoms with Gasteiger partial charge in [-0.3, -0.25) is 0 Å². The van der Waals surface area contributed by atoms with Crippen molar-refractivity contribution in [2.24, 2.45) is 5.92 Å². The van der Waals surface area contributed by atoms with Gasteiger partial charge in [0.2, 0.25) is 0 Å². The summed E-state index contributed by atoms with van der Waals surface area (Å²) in [6.45, 7) is 1.60. The molecule has 1 fully saturated rings. The van der Waals surface area contributed by atoms with Crippen LogP contribution in [-0.2, 0) is 0 Å². The molecule has 1 rings (SSSR count). The summed E-state index contributed by atoms with van der Waals surface area (Å²) in [7, 11) is -2.72. The zero-order chi connectivity index (χ0) is 8.32. The SMILES string of the molecule is C[Si](O)(O)CCC1CCCC1. The van der Waals surface area contributed by atoms with Crippen molar-refractivity contribution in [2.45, 2.75) is 44.7 Å². The molecule has 1 saturated carbocycles. The highest BCUT2D eigenvalue weighted by Gasteiger charge is 2.24. The van der Waals surface area contributed by atoms with Gasteiger partial charge in [-0.1, -0.05) is 25.7 Å². The third-order valence-electron chi connectivity index (χ3n) is 2.50. The largest absolute Gasteiger partial charge is 0.411 e. The van der Waals surface area contributed by atoms with Crippen LogP contribution in [-0.4, -0.2) is 18.2 Å². The van der Waals surface area contributed by atoms with E-state index >= 15 is 0 Å². The van der Waals surface area contributed by atoms with Crippen molar-refractivity contribution in [2.75, 3.05) is 0 Å². The van der Waals surface area contributed by atoms with E-state index in [0.717, 1.165) is 12.3 Å². The quantitative estimate of drug-likeness (QED) is 0.638. The molecule has 1 aliphatic carbocycles. The Morgan fingerprint density at radius 2 is 1.82 bits per heavy atom. The summed E-state index contributed by atoms with van der Waals surface area (Å²) in [6.07, 6.45) is 6.35. The molecule has 3 heteroatoms. The van der Waals surface area contributed by atoms with Gasteiger partial charge in [0.1, 0.15) is 0 Å². The maximum absolute atomic E-state index is 9.17. The van der Waals surface area contributed by atoms with Crippen LogP contribution in [0.4, 0.5) is 0 Å². The maximum atomic E-state index is 9.17. The summed E-state index contributed by atoms with van der Waals surface area (Å²) >= 11 is 0. The highest BCUT2D eigenvalue weighted by molar-refractivity contribution is 6.63. The van der Waals surface area contributed by atoms with Crippen LogP contribution >= 0.6 is 0 Å². The second kappa shape index (κ2) is 3.69. The first-order chi connectivity index (χ1) is 5.08. The monoisotopic (exact) mass is 174 g/mol. The summed E-state index contributed by atoms with van der Waals surface area (Å²) in [5.41, 5.74) is 0. The molecule has 0 bridgehead atoms. The van der Waals surface area contributed by atoms with Crippen molar-refractivity contribution in [1.82, 2.24) is 0 Å². The van der Waals surface area contributed by atoms with Gasteiger partial charge >= 0.3 is 8.56 Å². The van der Waals surface area contributed by atoms with Gasteiger partial charge in [0.15, 0.2) is 0 Å². The Hall–Kier alpha value is 0.137. The van der Waals surface area contributed by atoms with Crippen LogP contribution in [0.2, 0.25) is 12.6 Å². The summed E-state index contributed by atoms with van der Waals surface area (Å²) in [6, 6.07) is 0.664. The molecule has 0 aromatic rings. The zero-order valence-electron chi connectivity index (χ0n) is 7.21. The van der Waals surface area contributed by atoms with Crippen molar-refractivity contribution in [3.8, 4) is 0 Å². The average Bonchev–Trinajstić information content (AvgIpc) is 2.32. The smallest absolute Gasteiger partial charge is 0.329 e. The summed E-state index contributed by atoms with van der Waals surface area (Å²) in [5.74, 6) is 0.793. The summed E-state index contributed by atoms with van der Waals surface area (Å²) < 4.78 is 0. The second-order valence-electron chi connectivity index (χ2n) is 3.91. The van der Waals surface area contributed by atoms with Crippen molar-refractivity contribution in [1.29, 1.82) is 0 Å². The molecule has 0 radical (unpaired) electrons. The molecule has 0 aromatic carbocycles. The predicted molar refractivity (Wildman–Crippen MR) is 47.4 cm³/mol. The normalized spacial score (nSPS) is 21.0. The average molecular weight is 174 g/mol. The van der Waals surface area contributed by atoms with Crippen molar-refractivity contribution < 1.29 is 9.59 Å².